The number of amides is 1. The van der Waals surface area contributed by atoms with Gasteiger partial charge in [0.1, 0.15) is 18.5 Å². The Kier molecular flexibility index (Phi) is 5.80. The zero-order chi connectivity index (χ0) is 19.2. The van der Waals surface area contributed by atoms with Gasteiger partial charge >= 0.3 is 5.97 Å². The number of fused-ring (bicyclic) bond motifs is 1. The van der Waals surface area contributed by atoms with Crippen molar-refractivity contribution in [2.45, 2.75) is 13.0 Å². The lowest BCUT2D eigenvalue weighted by Gasteiger charge is -2.26. The molecule has 0 unspecified atom stereocenters. The number of nitrogens with one attached hydrogen (secondary N) is 1. The highest BCUT2D eigenvalue weighted by Gasteiger charge is 2.21. The summed E-state index contributed by atoms with van der Waals surface area (Å²) in [5, 5.41) is 2.68. The molecule has 0 aromatic heterocycles. The molecule has 0 bridgehead atoms. The van der Waals surface area contributed by atoms with Gasteiger partial charge in [0.25, 0.3) is 5.91 Å². The van der Waals surface area contributed by atoms with Crippen LogP contribution in [-0.4, -0.2) is 44.8 Å². The average Bonchev–Trinajstić information content (AvgIpc) is 2.70. The Labute approximate surface area is 157 Å². The number of aryl methyl sites for hydroxylation is 1. The molecule has 7 heteroatoms. The van der Waals surface area contributed by atoms with Crippen LogP contribution in [0.3, 0.4) is 0 Å². The molecule has 1 aliphatic heterocycles. The Bertz CT molecular complexity index is 835. The summed E-state index contributed by atoms with van der Waals surface area (Å²) < 4.78 is 21.6. The predicted octanol–water partition coefficient (Wildman–Crippen LogP) is 2.12. The number of ether oxygens (including phenoxy) is 4. The normalized spacial score (nSPS) is 15.0. The summed E-state index contributed by atoms with van der Waals surface area (Å²) in [6.45, 7) is 2.08. The van der Waals surface area contributed by atoms with Crippen molar-refractivity contribution in [3.63, 3.8) is 0 Å². The van der Waals surface area contributed by atoms with Gasteiger partial charge < -0.3 is 24.3 Å². The van der Waals surface area contributed by atoms with Crippen molar-refractivity contribution in [3.8, 4) is 17.2 Å². The molecule has 1 atom stereocenters. The molecule has 1 amide bonds. The third-order valence-electron chi connectivity index (χ3n) is 4.07. The first-order chi connectivity index (χ1) is 13.1. The van der Waals surface area contributed by atoms with Gasteiger partial charge in [0.05, 0.1) is 19.2 Å². The van der Waals surface area contributed by atoms with Crippen LogP contribution in [0, 0.1) is 6.92 Å². The second-order valence-corrected chi connectivity index (χ2v) is 6.06. The highest BCUT2D eigenvalue weighted by Crippen LogP contribution is 2.30. The molecule has 0 saturated carbocycles. The molecule has 7 nitrogen and oxygen atoms in total. The molecule has 0 saturated heterocycles. The van der Waals surface area contributed by atoms with Gasteiger partial charge in [-0.1, -0.05) is 18.2 Å². The van der Waals surface area contributed by atoms with E-state index >= 15 is 0 Å². The zero-order valence-electron chi connectivity index (χ0n) is 15.2. The summed E-state index contributed by atoms with van der Waals surface area (Å²) in [4.78, 5) is 24.0. The van der Waals surface area contributed by atoms with E-state index in [1.165, 1.54) is 7.11 Å². The van der Waals surface area contributed by atoms with Gasteiger partial charge in [-0.25, -0.2) is 4.79 Å². The smallest absolute Gasteiger partial charge is 0.338 e. The number of hydrogen-bond acceptors (Lipinski definition) is 6. The highest BCUT2D eigenvalue weighted by molar-refractivity contribution is 5.91. The summed E-state index contributed by atoms with van der Waals surface area (Å²) in [7, 11) is 1.53. The lowest BCUT2D eigenvalue weighted by atomic mass is 10.1. The maximum absolute atomic E-state index is 12.1. The Morgan fingerprint density at radius 3 is 2.74 bits per heavy atom. The van der Waals surface area contributed by atoms with Gasteiger partial charge in [0.15, 0.2) is 18.1 Å². The van der Waals surface area contributed by atoms with Crippen LogP contribution in [0.15, 0.2) is 42.5 Å². The van der Waals surface area contributed by atoms with E-state index in [-0.39, 0.29) is 19.3 Å². The predicted molar refractivity (Wildman–Crippen MR) is 97.4 cm³/mol. The van der Waals surface area contributed by atoms with E-state index in [0.29, 0.717) is 29.4 Å². The van der Waals surface area contributed by atoms with E-state index in [2.05, 4.69) is 5.32 Å². The van der Waals surface area contributed by atoms with Gasteiger partial charge in [-0.05, 0) is 36.8 Å². The van der Waals surface area contributed by atoms with Crippen molar-refractivity contribution < 1.29 is 28.5 Å². The number of benzene rings is 2. The van der Waals surface area contributed by atoms with Gasteiger partial charge in [0, 0.05) is 0 Å². The quantitative estimate of drug-likeness (QED) is 0.783. The summed E-state index contributed by atoms with van der Waals surface area (Å²) in [6, 6.07) is 12.3. The molecule has 2 aromatic carbocycles. The molecule has 1 heterocycles. The molecule has 1 aliphatic rings. The molecule has 1 N–H and O–H groups in total. The number of methoxy groups -OCH3 is 1. The first-order valence-electron chi connectivity index (χ1n) is 8.54. The van der Waals surface area contributed by atoms with Crippen LogP contribution in [0.25, 0.3) is 0 Å². The van der Waals surface area contributed by atoms with Gasteiger partial charge in [-0.2, -0.15) is 0 Å². The largest absolute Gasteiger partial charge is 0.496 e. The number of para-hydroxylation sites is 2. The lowest BCUT2D eigenvalue weighted by molar-refractivity contribution is -0.124. The van der Waals surface area contributed by atoms with E-state index in [1.807, 2.05) is 25.1 Å². The lowest BCUT2D eigenvalue weighted by Crippen LogP contribution is -2.42. The summed E-state index contributed by atoms with van der Waals surface area (Å²) >= 11 is 0. The number of rotatable bonds is 6. The van der Waals surface area contributed by atoms with Gasteiger partial charge in [-0.15, -0.1) is 0 Å². The first-order valence-corrected chi connectivity index (χ1v) is 8.54. The molecule has 3 rings (SSSR count). The van der Waals surface area contributed by atoms with Crippen molar-refractivity contribution in [1.82, 2.24) is 5.32 Å². The minimum atomic E-state index is -0.588. The standard InChI is InChI=1S/C20H21NO6/c1-13-7-8-14(9-18(13)24-2)20(23)26-12-19(22)21-10-15-11-25-16-5-3-4-6-17(16)27-15/h3-9,15H,10-12H2,1-2H3,(H,21,22)/t15-/m1/s1. The van der Waals surface area contributed by atoms with E-state index in [0.717, 1.165) is 5.56 Å². The maximum atomic E-state index is 12.1. The van der Waals surface area contributed by atoms with Crippen LogP contribution in [0.1, 0.15) is 15.9 Å². The third kappa shape index (κ3) is 4.69. The van der Waals surface area contributed by atoms with Crippen molar-refractivity contribution in [3.05, 3.63) is 53.6 Å². The molecule has 2 aromatic rings. The molecule has 0 spiro atoms. The molecule has 0 radical (unpaired) electrons. The minimum absolute atomic E-state index is 0.253. The summed E-state index contributed by atoms with van der Waals surface area (Å²) in [5.41, 5.74) is 1.23. The SMILES string of the molecule is COc1cc(C(=O)OCC(=O)NC[C@@H]2COc3ccccc3O2)ccc1C. The fourth-order valence-corrected chi connectivity index (χ4v) is 2.60. The van der Waals surface area contributed by atoms with Crippen molar-refractivity contribution in [2.75, 3.05) is 26.9 Å². The maximum Gasteiger partial charge on any atom is 0.338 e. The first kappa shape index (κ1) is 18.6. The van der Waals surface area contributed by atoms with E-state index in [4.69, 9.17) is 18.9 Å². The third-order valence-corrected chi connectivity index (χ3v) is 4.07. The van der Waals surface area contributed by atoms with Crippen LogP contribution >= 0.6 is 0 Å². The second kappa shape index (κ2) is 8.44. The minimum Gasteiger partial charge on any atom is -0.496 e. The van der Waals surface area contributed by atoms with E-state index in [1.54, 1.807) is 24.3 Å². The molecule has 0 fully saturated rings. The van der Waals surface area contributed by atoms with Crippen LogP contribution in [0.5, 0.6) is 17.2 Å². The van der Waals surface area contributed by atoms with Gasteiger partial charge in [-0.3, -0.25) is 4.79 Å². The van der Waals surface area contributed by atoms with Crippen LogP contribution in [0.4, 0.5) is 0 Å². The average molecular weight is 371 g/mol. The van der Waals surface area contributed by atoms with Crippen molar-refractivity contribution in [1.29, 1.82) is 0 Å². The second-order valence-electron chi connectivity index (χ2n) is 6.06. The van der Waals surface area contributed by atoms with Crippen LogP contribution in [0.2, 0.25) is 0 Å². The Morgan fingerprint density at radius 1 is 1.19 bits per heavy atom. The highest BCUT2D eigenvalue weighted by atomic mass is 16.6. The van der Waals surface area contributed by atoms with E-state index < -0.39 is 11.9 Å². The summed E-state index contributed by atoms with van der Waals surface area (Å²) in [6.07, 6.45) is -0.305. The Hall–Kier alpha value is -3.22. The Balaban J connectivity index is 1.44. The van der Waals surface area contributed by atoms with Crippen LogP contribution < -0.4 is 19.5 Å². The number of hydrogen-bond donors (Lipinski definition) is 1. The zero-order valence-corrected chi connectivity index (χ0v) is 15.2. The fraction of sp³-hybridized carbons (Fsp3) is 0.300. The van der Waals surface area contributed by atoms with Crippen molar-refractivity contribution >= 4 is 11.9 Å². The van der Waals surface area contributed by atoms with Crippen molar-refractivity contribution in [2.24, 2.45) is 0 Å². The Morgan fingerprint density at radius 2 is 1.96 bits per heavy atom. The monoisotopic (exact) mass is 371 g/mol. The van der Waals surface area contributed by atoms with Crippen LogP contribution in [-0.2, 0) is 9.53 Å². The number of esters is 1. The van der Waals surface area contributed by atoms with E-state index in [9.17, 15) is 9.59 Å². The molecular formula is C20H21NO6. The molecule has 142 valence electrons. The molecule has 0 aliphatic carbocycles. The molecule has 27 heavy (non-hydrogen) atoms. The number of carbonyl (C=O) groups is 2. The fourth-order valence-electron chi connectivity index (χ4n) is 2.60. The number of carbonyl (C=O) groups excluding carboxylic acids is 2. The molecular weight excluding hydrogens is 350 g/mol. The topological polar surface area (TPSA) is 83.1 Å². The summed E-state index contributed by atoms with van der Waals surface area (Å²) in [5.74, 6) is 0.911. The van der Waals surface area contributed by atoms with Gasteiger partial charge in [0.2, 0.25) is 0 Å².